The van der Waals surface area contributed by atoms with E-state index in [2.05, 4.69) is 10.3 Å². The van der Waals surface area contributed by atoms with Gasteiger partial charge in [-0.15, -0.1) is 0 Å². The molecule has 6 nitrogen and oxygen atoms in total. The highest BCUT2D eigenvalue weighted by molar-refractivity contribution is 5.93. The Labute approximate surface area is 215 Å². The molecule has 0 radical (unpaired) electrons. The summed E-state index contributed by atoms with van der Waals surface area (Å²) < 4.78 is 48.4. The number of carboxylic acid groups (broad SMARTS) is 1. The van der Waals surface area contributed by atoms with Crippen molar-refractivity contribution >= 4 is 28.6 Å². The topological polar surface area (TPSA) is 76.4 Å². The highest BCUT2D eigenvalue weighted by Crippen LogP contribution is 2.34. The van der Waals surface area contributed by atoms with Crippen LogP contribution in [0.4, 0.5) is 24.8 Å². The number of hydrogen-bond acceptors (Lipinski definition) is 4. The molecule has 0 spiro atoms. The maximum atomic E-state index is 13.7. The molecule has 1 heterocycles. The molecule has 5 aromatic rings. The standard InChI is InChI=1S/C29H22F3N3O3/c30-29(31,32)24-9-5-4-8-21(24)17-35-26-15-10-20(27(36)37)16-25(26)34-28(35)33-22-11-13-23(14-12-22)38-18-19-6-2-1-3-7-19/h1-16H,17-18H2,(H,33,34)(H,36,37). The minimum absolute atomic E-state index is 0.0318. The van der Waals surface area contributed by atoms with Gasteiger partial charge in [0.1, 0.15) is 12.4 Å². The number of anilines is 2. The van der Waals surface area contributed by atoms with E-state index in [4.69, 9.17) is 4.74 Å². The molecular weight excluding hydrogens is 495 g/mol. The lowest BCUT2D eigenvalue weighted by molar-refractivity contribution is -0.138. The predicted octanol–water partition coefficient (Wildman–Crippen LogP) is 7.12. The fourth-order valence-electron chi connectivity index (χ4n) is 4.13. The first-order valence-electron chi connectivity index (χ1n) is 11.7. The van der Waals surface area contributed by atoms with E-state index in [1.165, 1.54) is 24.3 Å². The third-order valence-corrected chi connectivity index (χ3v) is 6.01. The number of hydrogen-bond donors (Lipinski definition) is 2. The van der Waals surface area contributed by atoms with E-state index >= 15 is 0 Å². The second-order valence-electron chi connectivity index (χ2n) is 8.61. The van der Waals surface area contributed by atoms with Crippen LogP contribution in [-0.2, 0) is 19.3 Å². The van der Waals surface area contributed by atoms with Gasteiger partial charge in [0.15, 0.2) is 0 Å². The van der Waals surface area contributed by atoms with Gasteiger partial charge >= 0.3 is 12.1 Å². The Morgan fingerprint density at radius 1 is 0.921 bits per heavy atom. The van der Waals surface area contributed by atoms with Crippen LogP contribution in [0.1, 0.15) is 27.0 Å². The van der Waals surface area contributed by atoms with Crippen molar-refractivity contribution in [1.29, 1.82) is 0 Å². The maximum absolute atomic E-state index is 13.7. The summed E-state index contributed by atoms with van der Waals surface area (Å²) in [4.78, 5) is 16.0. The Balaban J connectivity index is 1.46. The van der Waals surface area contributed by atoms with E-state index in [9.17, 15) is 23.1 Å². The third kappa shape index (κ3) is 5.46. The fourth-order valence-corrected chi connectivity index (χ4v) is 4.13. The zero-order chi connectivity index (χ0) is 26.7. The van der Waals surface area contributed by atoms with Crippen molar-refractivity contribution in [1.82, 2.24) is 9.55 Å². The molecule has 5 rings (SSSR count). The molecule has 4 aromatic carbocycles. The van der Waals surface area contributed by atoms with Crippen LogP contribution in [0.3, 0.4) is 0 Å². The number of alkyl halides is 3. The first kappa shape index (κ1) is 24.9. The minimum Gasteiger partial charge on any atom is -0.489 e. The SMILES string of the molecule is O=C(O)c1ccc2c(c1)nc(Nc1ccc(OCc3ccccc3)cc1)n2Cc1ccccc1C(F)(F)F. The van der Waals surface area contributed by atoms with E-state index < -0.39 is 17.7 Å². The van der Waals surface area contributed by atoms with Crippen LogP contribution >= 0.6 is 0 Å². The summed E-state index contributed by atoms with van der Waals surface area (Å²) in [5, 5.41) is 12.5. The van der Waals surface area contributed by atoms with Crippen LogP contribution < -0.4 is 10.1 Å². The zero-order valence-corrected chi connectivity index (χ0v) is 19.9. The molecule has 0 atom stereocenters. The molecule has 2 N–H and O–H groups in total. The average molecular weight is 518 g/mol. The van der Waals surface area contributed by atoms with Crippen molar-refractivity contribution < 1.29 is 27.8 Å². The summed E-state index contributed by atoms with van der Waals surface area (Å²) in [6, 6.07) is 26.5. The maximum Gasteiger partial charge on any atom is 0.416 e. The van der Waals surface area contributed by atoms with Crippen molar-refractivity contribution in [3.63, 3.8) is 0 Å². The fraction of sp³-hybridized carbons (Fsp3) is 0.103. The number of halogens is 3. The van der Waals surface area contributed by atoms with Gasteiger partial charge in [0.05, 0.1) is 28.7 Å². The number of ether oxygens (including phenoxy) is 1. The van der Waals surface area contributed by atoms with Gasteiger partial charge in [0.2, 0.25) is 5.95 Å². The Morgan fingerprint density at radius 2 is 1.63 bits per heavy atom. The van der Waals surface area contributed by atoms with Crippen molar-refractivity contribution in [3.05, 3.63) is 119 Å². The number of carboxylic acids is 1. The van der Waals surface area contributed by atoms with Crippen LogP contribution in [-0.4, -0.2) is 20.6 Å². The van der Waals surface area contributed by atoms with Crippen LogP contribution in [0.2, 0.25) is 0 Å². The van der Waals surface area contributed by atoms with E-state index in [0.717, 1.165) is 11.6 Å². The number of fused-ring (bicyclic) bond motifs is 1. The van der Waals surface area contributed by atoms with Gasteiger partial charge in [0.25, 0.3) is 0 Å². The number of imidazole rings is 1. The van der Waals surface area contributed by atoms with E-state index in [-0.39, 0.29) is 23.6 Å². The number of benzene rings is 4. The number of aromatic carboxylic acids is 1. The van der Waals surface area contributed by atoms with Gasteiger partial charge in [-0.3, -0.25) is 0 Å². The monoisotopic (exact) mass is 517 g/mol. The highest BCUT2D eigenvalue weighted by Gasteiger charge is 2.33. The summed E-state index contributed by atoms with van der Waals surface area (Å²) in [7, 11) is 0. The molecule has 0 aliphatic heterocycles. The van der Waals surface area contributed by atoms with Gasteiger partial charge < -0.3 is 19.7 Å². The number of nitrogens with one attached hydrogen (secondary N) is 1. The number of rotatable bonds is 8. The van der Waals surface area contributed by atoms with E-state index in [1.54, 1.807) is 41.0 Å². The van der Waals surface area contributed by atoms with Crippen molar-refractivity contribution in [2.45, 2.75) is 19.3 Å². The Kier molecular flexibility index (Phi) is 6.74. The van der Waals surface area contributed by atoms with Crippen molar-refractivity contribution in [2.75, 3.05) is 5.32 Å². The molecule has 0 fully saturated rings. The zero-order valence-electron chi connectivity index (χ0n) is 19.9. The second kappa shape index (κ2) is 10.3. The highest BCUT2D eigenvalue weighted by atomic mass is 19.4. The molecule has 0 saturated heterocycles. The molecule has 1 aromatic heterocycles. The Morgan fingerprint density at radius 3 is 2.34 bits per heavy atom. The van der Waals surface area contributed by atoms with Crippen LogP contribution in [0.5, 0.6) is 5.75 Å². The quantitative estimate of drug-likeness (QED) is 0.229. The summed E-state index contributed by atoms with van der Waals surface area (Å²) in [6.45, 7) is 0.285. The lowest BCUT2D eigenvalue weighted by Crippen LogP contribution is -2.12. The number of aromatic nitrogens is 2. The first-order chi connectivity index (χ1) is 18.3. The first-order valence-corrected chi connectivity index (χ1v) is 11.7. The lowest BCUT2D eigenvalue weighted by Gasteiger charge is -2.16. The van der Waals surface area contributed by atoms with Crippen molar-refractivity contribution in [3.8, 4) is 5.75 Å². The average Bonchev–Trinajstić information content (AvgIpc) is 3.24. The summed E-state index contributed by atoms with van der Waals surface area (Å²) in [5.74, 6) is -0.194. The molecule has 0 aliphatic rings. The predicted molar refractivity (Wildman–Crippen MR) is 138 cm³/mol. The van der Waals surface area contributed by atoms with Gasteiger partial charge in [-0.05, 0) is 59.7 Å². The van der Waals surface area contributed by atoms with Crippen LogP contribution in [0, 0.1) is 0 Å². The normalized spacial score (nSPS) is 11.4. The van der Waals surface area contributed by atoms with Gasteiger partial charge in [0, 0.05) is 5.69 Å². The minimum atomic E-state index is -4.52. The largest absolute Gasteiger partial charge is 0.489 e. The molecule has 192 valence electrons. The molecule has 0 saturated carbocycles. The van der Waals surface area contributed by atoms with E-state index in [0.29, 0.717) is 29.1 Å². The van der Waals surface area contributed by atoms with Gasteiger partial charge in [-0.2, -0.15) is 13.2 Å². The van der Waals surface area contributed by atoms with Gasteiger partial charge in [-0.25, -0.2) is 9.78 Å². The molecule has 9 heteroatoms. The molecular formula is C29H22F3N3O3. The number of carbonyl (C=O) groups is 1. The lowest BCUT2D eigenvalue weighted by atomic mass is 10.1. The summed E-state index contributed by atoms with van der Waals surface area (Å²) >= 11 is 0. The summed E-state index contributed by atoms with van der Waals surface area (Å²) in [5.41, 5.74) is 1.87. The van der Waals surface area contributed by atoms with Crippen LogP contribution in [0.15, 0.2) is 97.1 Å². The molecule has 0 aliphatic carbocycles. The Bertz CT molecular complexity index is 1580. The number of nitrogens with zero attached hydrogens (tertiary/aromatic N) is 2. The molecule has 0 amide bonds. The third-order valence-electron chi connectivity index (χ3n) is 6.01. The van der Waals surface area contributed by atoms with Crippen LogP contribution in [0.25, 0.3) is 11.0 Å². The Hall–Kier alpha value is -4.79. The summed E-state index contributed by atoms with van der Waals surface area (Å²) in [6.07, 6.45) is -4.52. The van der Waals surface area contributed by atoms with E-state index in [1.807, 2.05) is 30.3 Å². The van der Waals surface area contributed by atoms with Crippen molar-refractivity contribution in [2.24, 2.45) is 0 Å². The molecule has 0 unspecified atom stereocenters. The second-order valence-corrected chi connectivity index (χ2v) is 8.61. The molecule has 38 heavy (non-hydrogen) atoms. The molecule has 0 bridgehead atoms. The smallest absolute Gasteiger partial charge is 0.416 e. The van der Waals surface area contributed by atoms with Gasteiger partial charge in [-0.1, -0.05) is 48.5 Å².